The summed E-state index contributed by atoms with van der Waals surface area (Å²) < 4.78 is 17.2. The predicted molar refractivity (Wildman–Crippen MR) is 119 cm³/mol. The highest BCUT2D eigenvalue weighted by molar-refractivity contribution is 5.76. The summed E-state index contributed by atoms with van der Waals surface area (Å²) >= 11 is 0. The number of benzene rings is 2. The van der Waals surface area contributed by atoms with Crippen LogP contribution >= 0.6 is 0 Å². The second-order valence-corrected chi connectivity index (χ2v) is 7.49. The van der Waals surface area contributed by atoms with Crippen LogP contribution in [0.15, 0.2) is 53.3 Å². The summed E-state index contributed by atoms with van der Waals surface area (Å²) in [5.41, 5.74) is 3.21. The first-order valence-electron chi connectivity index (χ1n) is 10.3. The van der Waals surface area contributed by atoms with Gasteiger partial charge in [-0.25, -0.2) is 4.68 Å². The Kier molecular flexibility index (Phi) is 6.11. The standard InChI is InChI=1S/C24H25N3O5/c1-30-19-6-4-5-17(11-19)20-7-8-23(28)27(25-20)15-24(29)26-10-9-16-12-21(31-2)22(32-3)13-18(16)14-26/h4-8,11-13H,9-10,14-15H2,1-3H3. The number of nitrogens with zero attached hydrogens (tertiary/aromatic N) is 3. The third kappa shape index (κ3) is 4.30. The number of aromatic nitrogens is 2. The lowest BCUT2D eigenvalue weighted by Gasteiger charge is -2.29. The zero-order valence-corrected chi connectivity index (χ0v) is 18.3. The molecule has 0 bridgehead atoms. The Hall–Kier alpha value is -3.81. The number of hydrogen-bond acceptors (Lipinski definition) is 6. The van der Waals surface area contributed by atoms with Crippen LogP contribution in [0.25, 0.3) is 11.3 Å². The first kappa shape index (κ1) is 21.4. The van der Waals surface area contributed by atoms with Crippen LogP contribution in [-0.4, -0.2) is 48.5 Å². The maximum Gasteiger partial charge on any atom is 0.267 e. The van der Waals surface area contributed by atoms with Gasteiger partial charge in [-0.05, 0) is 47.9 Å². The fourth-order valence-electron chi connectivity index (χ4n) is 3.82. The summed E-state index contributed by atoms with van der Waals surface area (Å²) in [6.45, 7) is 0.879. The van der Waals surface area contributed by atoms with Crippen molar-refractivity contribution in [1.82, 2.24) is 14.7 Å². The molecule has 0 saturated carbocycles. The molecule has 1 aliphatic heterocycles. The zero-order valence-electron chi connectivity index (χ0n) is 18.3. The topological polar surface area (TPSA) is 82.9 Å². The molecule has 0 N–H and O–H groups in total. The molecule has 0 fully saturated rings. The summed E-state index contributed by atoms with van der Waals surface area (Å²) in [4.78, 5) is 27.1. The lowest BCUT2D eigenvalue weighted by Crippen LogP contribution is -2.40. The van der Waals surface area contributed by atoms with E-state index in [-0.39, 0.29) is 18.0 Å². The van der Waals surface area contributed by atoms with Crippen LogP contribution in [0.2, 0.25) is 0 Å². The van der Waals surface area contributed by atoms with E-state index in [4.69, 9.17) is 14.2 Å². The predicted octanol–water partition coefficient (Wildman–Crippen LogP) is 2.52. The molecule has 0 aliphatic carbocycles. The molecule has 0 atom stereocenters. The van der Waals surface area contributed by atoms with Crippen LogP contribution in [0.1, 0.15) is 11.1 Å². The molecule has 1 aliphatic rings. The average molecular weight is 435 g/mol. The number of rotatable bonds is 6. The largest absolute Gasteiger partial charge is 0.497 e. The van der Waals surface area contributed by atoms with E-state index < -0.39 is 0 Å². The minimum absolute atomic E-state index is 0.126. The third-order valence-corrected chi connectivity index (χ3v) is 5.59. The molecule has 2 aromatic carbocycles. The number of amides is 1. The number of fused-ring (bicyclic) bond motifs is 1. The second kappa shape index (κ2) is 9.13. The molecule has 0 saturated heterocycles. The highest BCUT2D eigenvalue weighted by Crippen LogP contribution is 2.33. The van der Waals surface area contributed by atoms with Gasteiger partial charge in [0.15, 0.2) is 11.5 Å². The van der Waals surface area contributed by atoms with Crippen LogP contribution < -0.4 is 19.8 Å². The fraction of sp³-hybridized carbons (Fsp3) is 0.292. The Morgan fingerprint density at radius 3 is 2.44 bits per heavy atom. The van der Waals surface area contributed by atoms with Crippen molar-refractivity contribution in [2.45, 2.75) is 19.5 Å². The Morgan fingerprint density at radius 1 is 0.969 bits per heavy atom. The Labute approximate surface area is 186 Å². The van der Waals surface area contributed by atoms with Gasteiger partial charge in [-0.3, -0.25) is 9.59 Å². The van der Waals surface area contributed by atoms with Crippen molar-refractivity contribution < 1.29 is 19.0 Å². The smallest absolute Gasteiger partial charge is 0.267 e. The summed E-state index contributed by atoms with van der Waals surface area (Å²) in [5.74, 6) is 1.83. The molecule has 32 heavy (non-hydrogen) atoms. The van der Waals surface area contributed by atoms with E-state index in [9.17, 15) is 9.59 Å². The van der Waals surface area contributed by atoms with E-state index >= 15 is 0 Å². The quantitative estimate of drug-likeness (QED) is 0.592. The Morgan fingerprint density at radius 2 is 1.72 bits per heavy atom. The van der Waals surface area contributed by atoms with Crippen LogP contribution in [0.5, 0.6) is 17.2 Å². The number of carbonyl (C=O) groups is 1. The third-order valence-electron chi connectivity index (χ3n) is 5.59. The van der Waals surface area contributed by atoms with Crippen LogP contribution in [-0.2, 0) is 24.3 Å². The van der Waals surface area contributed by atoms with E-state index in [0.29, 0.717) is 42.5 Å². The van der Waals surface area contributed by atoms with Crippen molar-refractivity contribution in [2.75, 3.05) is 27.9 Å². The zero-order chi connectivity index (χ0) is 22.7. The SMILES string of the molecule is COc1cccc(-c2ccc(=O)n(CC(=O)N3CCc4cc(OC)c(OC)cc4C3)n2)c1. The molecule has 3 aromatic rings. The molecule has 8 heteroatoms. The molecule has 1 amide bonds. The number of methoxy groups -OCH3 is 3. The normalized spacial score (nSPS) is 12.8. The molecule has 166 valence electrons. The molecule has 0 radical (unpaired) electrons. The maximum atomic E-state index is 13.0. The molecule has 4 rings (SSSR count). The first-order chi connectivity index (χ1) is 15.5. The number of ether oxygens (including phenoxy) is 3. The molecule has 1 aromatic heterocycles. The van der Waals surface area contributed by atoms with Crippen LogP contribution in [0.4, 0.5) is 0 Å². The highest BCUT2D eigenvalue weighted by atomic mass is 16.5. The van der Waals surface area contributed by atoms with E-state index in [1.165, 1.54) is 10.7 Å². The summed E-state index contributed by atoms with van der Waals surface area (Å²) in [7, 11) is 4.78. The minimum atomic E-state index is -0.325. The second-order valence-electron chi connectivity index (χ2n) is 7.49. The molecule has 8 nitrogen and oxygen atoms in total. The summed E-state index contributed by atoms with van der Waals surface area (Å²) in [6, 6.07) is 14.3. The fourth-order valence-corrected chi connectivity index (χ4v) is 3.82. The van der Waals surface area contributed by atoms with Gasteiger partial charge in [-0.2, -0.15) is 5.10 Å². The van der Waals surface area contributed by atoms with Crippen molar-refractivity contribution in [3.05, 3.63) is 70.0 Å². The molecule has 0 spiro atoms. The Bertz CT molecular complexity index is 1200. The summed E-state index contributed by atoms with van der Waals surface area (Å²) in [5, 5.41) is 4.41. The van der Waals surface area contributed by atoms with Crippen molar-refractivity contribution >= 4 is 5.91 Å². The van der Waals surface area contributed by atoms with Crippen molar-refractivity contribution in [1.29, 1.82) is 0 Å². The summed E-state index contributed by atoms with van der Waals surface area (Å²) in [6.07, 6.45) is 0.702. The van der Waals surface area contributed by atoms with Crippen molar-refractivity contribution in [2.24, 2.45) is 0 Å². The van der Waals surface area contributed by atoms with Gasteiger partial charge in [0, 0.05) is 24.7 Å². The van der Waals surface area contributed by atoms with E-state index in [1.807, 2.05) is 36.4 Å². The minimum Gasteiger partial charge on any atom is -0.497 e. The van der Waals surface area contributed by atoms with Crippen LogP contribution in [0, 0.1) is 0 Å². The van der Waals surface area contributed by atoms with Gasteiger partial charge < -0.3 is 19.1 Å². The molecular weight excluding hydrogens is 410 g/mol. The van der Waals surface area contributed by atoms with Crippen molar-refractivity contribution in [3.8, 4) is 28.5 Å². The van der Waals surface area contributed by atoms with E-state index in [0.717, 1.165) is 16.7 Å². The lowest BCUT2D eigenvalue weighted by atomic mass is 9.98. The molecular formula is C24H25N3O5. The first-order valence-corrected chi connectivity index (χ1v) is 10.3. The van der Waals surface area contributed by atoms with Crippen molar-refractivity contribution in [3.63, 3.8) is 0 Å². The maximum absolute atomic E-state index is 13.0. The van der Waals surface area contributed by atoms with Gasteiger partial charge in [0.05, 0.1) is 27.0 Å². The van der Waals surface area contributed by atoms with Gasteiger partial charge in [0.2, 0.25) is 5.91 Å². The van der Waals surface area contributed by atoms with Gasteiger partial charge in [0.25, 0.3) is 5.56 Å². The number of hydrogen-bond donors (Lipinski definition) is 0. The van der Waals surface area contributed by atoms with E-state index in [1.54, 1.807) is 32.3 Å². The van der Waals surface area contributed by atoms with Gasteiger partial charge >= 0.3 is 0 Å². The highest BCUT2D eigenvalue weighted by Gasteiger charge is 2.23. The van der Waals surface area contributed by atoms with Gasteiger partial charge in [-0.15, -0.1) is 0 Å². The molecule has 0 unspecified atom stereocenters. The van der Waals surface area contributed by atoms with Gasteiger partial charge in [-0.1, -0.05) is 12.1 Å². The molecule has 2 heterocycles. The Balaban J connectivity index is 1.54. The van der Waals surface area contributed by atoms with Crippen LogP contribution in [0.3, 0.4) is 0 Å². The monoisotopic (exact) mass is 435 g/mol. The average Bonchev–Trinajstić information content (AvgIpc) is 2.84. The lowest BCUT2D eigenvalue weighted by molar-refractivity contribution is -0.133. The van der Waals surface area contributed by atoms with Gasteiger partial charge in [0.1, 0.15) is 12.3 Å². The number of carbonyl (C=O) groups excluding carboxylic acids is 1. The van der Waals surface area contributed by atoms with E-state index in [2.05, 4.69) is 5.10 Å².